The Bertz CT molecular complexity index is 636. The van der Waals surface area contributed by atoms with Gasteiger partial charge in [0, 0.05) is 5.69 Å². The Morgan fingerprint density at radius 2 is 1.85 bits per heavy atom. The summed E-state index contributed by atoms with van der Waals surface area (Å²) in [6.45, 7) is 6.28. The average Bonchev–Trinajstić information content (AvgIpc) is 2.87. The summed E-state index contributed by atoms with van der Waals surface area (Å²) in [5, 5.41) is 2.88. The lowest BCUT2D eigenvalue weighted by atomic mass is 9.86. The number of aldehydes is 1. The standard InChI is InChI=1S/C16H18N2O2/c1-16(2,3)12-6-4-5-7-13(12)18-15(20)14-9-8-11(10-19)17-14/h4-10,17H,1-3H3,(H,18,20). The lowest BCUT2D eigenvalue weighted by Gasteiger charge is -2.22. The molecule has 20 heavy (non-hydrogen) atoms. The van der Waals surface area contributed by atoms with Crippen LogP contribution >= 0.6 is 0 Å². The van der Waals surface area contributed by atoms with Gasteiger partial charge in [-0.2, -0.15) is 0 Å². The predicted octanol–water partition coefficient (Wildman–Crippen LogP) is 3.38. The first-order valence-corrected chi connectivity index (χ1v) is 6.47. The van der Waals surface area contributed by atoms with Crippen LogP contribution in [0.1, 0.15) is 47.3 Å². The van der Waals surface area contributed by atoms with Crippen molar-refractivity contribution in [2.75, 3.05) is 5.32 Å². The molecule has 104 valence electrons. The Morgan fingerprint density at radius 1 is 1.15 bits per heavy atom. The third kappa shape index (κ3) is 2.96. The summed E-state index contributed by atoms with van der Waals surface area (Å²) in [6.07, 6.45) is 0.680. The van der Waals surface area contributed by atoms with Gasteiger partial charge >= 0.3 is 0 Å². The number of H-pyrrole nitrogens is 1. The number of hydrogen-bond donors (Lipinski definition) is 2. The van der Waals surface area contributed by atoms with Gasteiger partial charge in [0.05, 0.1) is 5.69 Å². The van der Waals surface area contributed by atoms with E-state index in [0.29, 0.717) is 17.7 Å². The highest BCUT2D eigenvalue weighted by Crippen LogP contribution is 2.29. The number of benzene rings is 1. The zero-order chi connectivity index (χ0) is 14.8. The molecule has 0 saturated heterocycles. The van der Waals surface area contributed by atoms with Crippen LogP contribution in [0.4, 0.5) is 5.69 Å². The van der Waals surface area contributed by atoms with Gasteiger partial charge in [-0.15, -0.1) is 0 Å². The quantitative estimate of drug-likeness (QED) is 0.840. The van der Waals surface area contributed by atoms with Crippen molar-refractivity contribution in [2.45, 2.75) is 26.2 Å². The number of anilines is 1. The van der Waals surface area contributed by atoms with Crippen LogP contribution in [0.5, 0.6) is 0 Å². The number of hydrogen-bond acceptors (Lipinski definition) is 2. The number of carbonyl (C=O) groups excluding carboxylic acids is 2. The van der Waals surface area contributed by atoms with E-state index in [1.165, 1.54) is 0 Å². The molecule has 1 heterocycles. The number of aromatic nitrogens is 1. The molecule has 0 fully saturated rings. The molecule has 1 aromatic carbocycles. The summed E-state index contributed by atoms with van der Waals surface area (Å²) >= 11 is 0. The van der Waals surface area contributed by atoms with Crippen molar-refractivity contribution in [2.24, 2.45) is 0 Å². The van der Waals surface area contributed by atoms with E-state index in [1.54, 1.807) is 12.1 Å². The molecule has 0 unspecified atom stereocenters. The van der Waals surface area contributed by atoms with Crippen molar-refractivity contribution >= 4 is 17.9 Å². The maximum atomic E-state index is 12.2. The summed E-state index contributed by atoms with van der Waals surface area (Å²) in [7, 11) is 0. The molecule has 0 atom stereocenters. The molecule has 1 aromatic heterocycles. The van der Waals surface area contributed by atoms with Gasteiger partial charge in [-0.1, -0.05) is 39.0 Å². The topological polar surface area (TPSA) is 62.0 Å². The molecule has 0 aliphatic heterocycles. The summed E-state index contributed by atoms with van der Waals surface area (Å²) in [5.74, 6) is -0.255. The minimum atomic E-state index is -0.255. The van der Waals surface area contributed by atoms with Crippen molar-refractivity contribution in [3.63, 3.8) is 0 Å². The Balaban J connectivity index is 2.26. The van der Waals surface area contributed by atoms with Crippen LogP contribution in [0.2, 0.25) is 0 Å². The third-order valence-corrected chi connectivity index (χ3v) is 3.06. The monoisotopic (exact) mass is 270 g/mol. The average molecular weight is 270 g/mol. The molecule has 0 saturated carbocycles. The number of amides is 1. The second kappa shape index (κ2) is 5.33. The molecule has 2 rings (SSSR count). The number of carbonyl (C=O) groups is 2. The lowest BCUT2D eigenvalue weighted by Crippen LogP contribution is -2.19. The fraction of sp³-hybridized carbons (Fsp3) is 0.250. The Labute approximate surface area is 118 Å². The molecule has 2 aromatic rings. The van der Waals surface area contributed by atoms with Crippen molar-refractivity contribution < 1.29 is 9.59 Å². The van der Waals surface area contributed by atoms with E-state index in [4.69, 9.17) is 0 Å². The van der Waals surface area contributed by atoms with Crippen LogP contribution in [0.15, 0.2) is 36.4 Å². The van der Waals surface area contributed by atoms with Crippen molar-refractivity contribution in [1.29, 1.82) is 0 Å². The molecular formula is C16H18N2O2. The summed E-state index contributed by atoms with van der Waals surface area (Å²) in [4.78, 5) is 25.5. The van der Waals surface area contributed by atoms with Crippen LogP contribution in [0, 0.1) is 0 Å². The Morgan fingerprint density at radius 3 is 2.45 bits per heavy atom. The van der Waals surface area contributed by atoms with Crippen molar-refractivity contribution in [3.05, 3.63) is 53.3 Å². The number of aromatic amines is 1. The van der Waals surface area contributed by atoms with Gasteiger partial charge in [-0.05, 0) is 29.2 Å². The largest absolute Gasteiger partial charge is 0.348 e. The van der Waals surface area contributed by atoms with E-state index < -0.39 is 0 Å². The van der Waals surface area contributed by atoms with Crippen LogP contribution < -0.4 is 5.32 Å². The normalized spacial score (nSPS) is 11.2. The molecule has 0 aliphatic rings. The summed E-state index contributed by atoms with van der Waals surface area (Å²) in [5.41, 5.74) is 2.55. The minimum absolute atomic E-state index is 0.0619. The molecular weight excluding hydrogens is 252 g/mol. The number of nitrogens with one attached hydrogen (secondary N) is 2. The molecule has 0 bridgehead atoms. The highest BCUT2D eigenvalue weighted by molar-refractivity contribution is 6.04. The van der Waals surface area contributed by atoms with E-state index >= 15 is 0 Å². The Hall–Kier alpha value is -2.36. The van der Waals surface area contributed by atoms with E-state index in [9.17, 15) is 9.59 Å². The smallest absolute Gasteiger partial charge is 0.272 e. The van der Waals surface area contributed by atoms with E-state index in [1.807, 2.05) is 24.3 Å². The zero-order valence-corrected chi connectivity index (χ0v) is 11.9. The maximum absolute atomic E-state index is 12.2. The molecule has 1 amide bonds. The zero-order valence-electron chi connectivity index (χ0n) is 11.9. The number of rotatable bonds is 3. The van der Waals surface area contributed by atoms with Gasteiger partial charge in [0.15, 0.2) is 6.29 Å². The Kier molecular flexibility index (Phi) is 3.74. The van der Waals surface area contributed by atoms with Gasteiger partial charge in [0.25, 0.3) is 5.91 Å². The molecule has 4 nitrogen and oxygen atoms in total. The second-order valence-corrected chi connectivity index (χ2v) is 5.69. The van der Waals surface area contributed by atoms with Crippen LogP contribution in [0.25, 0.3) is 0 Å². The molecule has 0 spiro atoms. The highest BCUT2D eigenvalue weighted by Gasteiger charge is 2.19. The van der Waals surface area contributed by atoms with Crippen LogP contribution in [0.3, 0.4) is 0 Å². The minimum Gasteiger partial charge on any atom is -0.348 e. The van der Waals surface area contributed by atoms with E-state index in [0.717, 1.165) is 11.3 Å². The highest BCUT2D eigenvalue weighted by atomic mass is 16.2. The molecule has 0 radical (unpaired) electrons. The predicted molar refractivity (Wildman–Crippen MR) is 79.3 cm³/mol. The first-order valence-electron chi connectivity index (χ1n) is 6.47. The van der Waals surface area contributed by atoms with E-state index in [2.05, 4.69) is 31.1 Å². The van der Waals surface area contributed by atoms with Crippen LogP contribution in [-0.2, 0) is 5.41 Å². The fourth-order valence-corrected chi connectivity index (χ4v) is 2.05. The molecule has 0 aliphatic carbocycles. The number of para-hydroxylation sites is 1. The van der Waals surface area contributed by atoms with Crippen molar-refractivity contribution in [1.82, 2.24) is 4.98 Å². The first kappa shape index (κ1) is 14.1. The van der Waals surface area contributed by atoms with Gasteiger partial charge in [0.2, 0.25) is 0 Å². The lowest BCUT2D eigenvalue weighted by molar-refractivity contribution is 0.102. The van der Waals surface area contributed by atoms with Crippen LogP contribution in [-0.4, -0.2) is 17.2 Å². The maximum Gasteiger partial charge on any atom is 0.272 e. The third-order valence-electron chi connectivity index (χ3n) is 3.06. The van der Waals surface area contributed by atoms with Crippen molar-refractivity contribution in [3.8, 4) is 0 Å². The first-order chi connectivity index (χ1) is 9.41. The fourth-order valence-electron chi connectivity index (χ4n) is 2.05. The second-order valence-electron chi connectivity index (χ2n) is 5.69. The van der Waals surface area contributed by atoms with Gasteiger partial charge in [-0.25, -0.2) is 0 Å². The summed E-state index contributed by atoms with van der Waals surface area (Å²) < 4.78 is 0. The van der Waals surface area contributed by atoms with Gasteiger partial charge < -0.3 is 10.3 Å². The van der Waals surface area contributed by atoms with Gasteiger partial charge in [-0.3, -0.25) is 9.59 Å². The SMILES string of the molecule is CC(C)(C)c1ccccc1NC(=O)c1ccc(C=O)[nH]1. The van der Waals surface area contributed by atoms with Gasteiger partial charge in [0.1, 0.15) is 5.69 Å². The van der Waals surface area contributed by atoms with E-state index in [-0.39, 0.29) is 11.3 Å². The summed E-state index contributed by atoms with van der Waals surface area (Å²) in [6, 6.07) is 10.9. The molecule has 4 heteroatoms. The molecule has 2 N–H and O–H groups in total.